The number of aliphatic hydroxyl groups excluding tert-OH is 1. The first kappa shape index (κ1) is 21.4. The monoisotopic (exact) mass is 446 g/mol. The molecular weight excluding hydrogens is 425 g/mol. The van der Waals surface area contributed by atoms with E-state index in [9.17, 15) is 18.3 Å². The van der Waals surface area contributed by atoms with Gasteiger partial charge in [-0.3, -0.25) is 0 Å². The molecule has 4 nitrogen and oxygen atoms in total. The van der Waals surface area contributed by atoms with E-state index in [1.54, 1.807) is 11.9 Å². The van der Waals surface area contributed by atoms with Crippen LogP contribution >= 0.6 is 12.2 Å². The number of anilines is 1. The van der Waals surface area contributed by atoms with Gasteiger partial charge in [0, 0.05) is 24.2 Å². The Kier molecular flexibility index (Phi) is 5.77. The lowest BCUT2D eigenvalue weighted by Crippen LogP contribution is -2.43. The molecule has 1 aliphatic heterocycles. The summed E-state index contributed by atoms with van der Waals surface area (Å²) in [6.45, 7) is 0.187. The Morgan fingerprint density at radius 1 is 1.16 bits per heavy atom. The Bertz CT molecular complexity index is 1120. The predicted octanol–water partition coefficient (Wildman–Crippen LogP) is 5.23. The van der Waals surface area contributed by atoms with Crippen molar-refractivity contribution in [3.8, 4) is 5.75 Å². The van der Waals surface area contributed by atoms with E-state index in [-0.39, 0.29) is 29.4 Å². The second-order valence-electron chi connectivity index (χ2n) is 7.52. The summed E-state index contributed by atoms with van der Waals surface area (Å²) in [5, 5.41) is 15.2. The van der Waals surface area contributed by atoms with Crippen LogP contribution in [0, 0.1) is 5.92 Å². The molecule has 0 unspecified atom stereocenters. The second kappa shape index (κ2) is 8.36. The molecule has 0 bridgehead atoms. The van der Waals surface area contributed by atoms with Crippen molar-refractivity contribution in [3.05, 3.63) is 71.8 Å². The highest BCUT2D eigenvalue weighted by Crippen LogP contribution is 2.43. The number of nitrogens with zero attached hydrogens (tertiary/aromatic N) is 1. The van der Waals surface area contributed by atoms with E-state index in [1.165, 1.54) is 12.1 Å². The van der Waals surface area contributed by atoms with Crippen molar-refractivity contribution in [3.63, 3.8) is 0 Å². The Labute approximate surface area is 183 Å². The summed E-state index contributed by atoms with van der Waals surface area (Å²) in [4.78, 5) is 1.78. The van der Waals surface area contributed by atoms with Gasteiger partial charge in [-0.2, -0.15) is 13.2 Å². The molecule has 1 heterocycles. The number of benzene rings is 3. The Morgan fingerprint density at radius 2 is 1.94 bits per heavy atom. The molecule has 0 fully saturated rings. The fourth-order valence-electron chi connectivity index (χ4n) is 4.00. The van der Waals surface area contributed by atoms with Gasteiger partial charge in [-0.15, -0.1) is 0 Å². The summed E-state index contributed by atoms with van der Waals surface area (Å²) in [6, 6.07) is 16.3. The van der Waals surface area contributed by atoms with Crippen molar-refractivity contribution >= 4 is 33.8 Å². The van der Waals surface area contributed by atoms with Crippen LogP contribution < -0.4 is 10.1 Å². The highest BCUT2D eigenvalue weighted by atomic mass is 32.1. The maximum absolute atomic E-state index is 13.1. The maximum Gasteiger partial charge on any atom is 0.416 e. The second-order valence-corrected chi connectivity index (χ2v) is 7.90. The Balaban J connectivity index is 1.68. The molecule has 8 heteroatoms. The quantitative estimate of drug-likeness (QED) is 0.540. The molecule has 2 atom stereocenters. The third kappa shape index (κ3) is 4.18. The Morgan fingerprint density at radius 3 is 2.68 bits per heavy atom. The van der Waals surface area contributed by atoms with Gasteiger partial charge in [-0.25, -0.2) is 0 Å². The summed E-state index contributed by atoms with van der Waals surface area (Å²) in [5.41, 5.74) is 0.398. The minimum absolute atomic E-state index is 0.121. The number of aliphatic hydroxyl groups is 1. The molecule has 3 aromatic rings. The van der Waals surface area contributed by atoms with Crippen LogP contribution in [0.2, 0.25) is 0 Å². The van der Waals surface area contributed by atoms with Crippen molar-refractivity contribution in [1.82, 2.24) is 4.90 Å². The van der Waals surface area contributed by atoms with Gasteiger partial charge in [0.15, 0.2) is 5.11 Å². The van der Waals surface area contributed by atoms with Crippen molar-refractivity contribution in [2.24, 2.45) is 5.92 Å². The van der Waals surface area contributed by atoms with Gasteiger partial charge in [0.2, 0.25) is 0 Å². The molecule has 0 saturated heterocycles. The van der Waals surface area contributed by atoms with E-state index in [0.29, 0.717) is 12.4 Å². The molecule has 0 saturated carbocycles. The maximum atomic E-state index is 13.1. The van der Waals surface area contributed by atoms with Crippen LogP contribution in [0.25, 0.3) is 10.8 Å². The van der Waals surface area contributed by atoms with E-state index in [2.05, 4.69) is 5.32 Å². The highest BCUT2D eigenvalue weighted by molar-refractivity contribution is 7.80. The summed E-state index contributed by atoms with van der Waals surface area (Å²) in [5.74, 6) is 0.451. The van der Waals surface area contributed by atoms with E-state index in [1.807, 2.05) is 36.4 Å². The first-order valence-corrected chi connectivity index (χ1v) is 10.2. The largest absolute Gasteiger partial charge is 0.493 e. The van der Waals surface area contributed by atoms with Gasteiger partial charge < -0.3 is 20.1 Å². The minimum Gasteiger partial charge on any atom is -0.493 e. The average molecular weight is 446 g/mol. The number of rotatable bonds is 3. The van der Waals surface area contributed by atoms with Crippen molar-refractivity contribution < 1.29 is 23.0 Å². The van der Waals surface area contributed by atoms with Gasteiger partial charge in [0.25, 0.3) is 0 Å². The van der Waals surface area contributed by atoms with Crippen LogP contribution in [0.3, 0.4) is 0 Å². The minimum atomic E-state index is -4.44. The summed E-state index contributed by atoms with van der Waals surface area (Å²) >= 11 is 5.54. The molecular formula is C23H21F3N2O2S. The lowest BCUT2D eigenvalue weighted by atomic mass is 9.87. The molecule has 0 aromatic heterocycles. The SMILES string of the molecule is CN(C(=S)Nc1cccc(C(F)(F)F)c1)[C@H]1c2c(ccc3ccccc23)OC[C@H]1CO. The van der Waals surface area contributed by atoms with Gasteiger partial charge in [-0.05, 0) is 47.3 Å². The first-order chi connectivity index (χ1) is 14.8. The smallest absolute Gasteiger partial charge is 0.416 e. The molecule has 0 amide bonds. The van der Waals surface area contributed by atoms with Crippen LogP contribution in [-0.2, 0) is 6.18 Å². The van der Waals surface area contributed by atoms with E-state index in [4.69, 9.17) is 17.0 Å². The van der Waals surface area contributed by atoms with Crippen LogP contribution in [0.1, 0.15) is 17.2 Å². The predicted molar refractivity (Wildman–Crippen MR) is 118 cm³/mol. The van der Waals surface area contributed by atoms with Crippen molar-refractivity contribution in [1.29, 1.82) is 0 Å². The van der Waals surface area contributed by atoms with Gasteiger partial charge in [-0.1, -0.05) is 36.4 Å². The zero-order chi connectivity index (χ0) is 22.2. The van der Waals surface area contributed by atoms with Crippen LogP contribution in [0.5, 0.6) is 5.75 Å². The topological polar surface area (TPSA) is 44.7 Å². The number of halogens is 3. The summed E-state index contributed by atoms with van der Waals surface area (Å²) in [6.07, 6.45) is -4.44. The number of hydrogen-bond donors (Lipinski definition) is 2. The number of nitrogens with one attached hydrogen (secondary N) is 1. The molecule has 0 spiro atoms. The first-order valence-electron chi connectivity index (χ1n) is 9.76. The summed E-state index contributed by atoms with van der Waals surface area (Å²) < 4.78 is 45.0. The normalized spacial score (nSPS) is 18.2. The van der Waals surface area contributed by atoms with Crippen molar-refractivity contribution in [2.75, 3.05) is 25.6 Å². The average Bonchev–Trinajstić information content (AvgIpc) is 2.77. The number of hydrogen-bond acceptors (Lipinski definition) is 3. The Hall–Kier alpha value is -2.84. The number of fused-ring (bicyclic) bond motifs is 3. The molecule has 0 aliphatic carbocycles. The van der Waals surface area contributed by atoms with Crippen molar-refractivity contribution in [2.45, 2.75) is 12.2 Å². The van der Waals surface area contributed by atoms with Crippen LogP contribution in [0.15, 0.2) is 60.7 Å². The summed E-state index contributed by atoms with van der Waals surface area (Å²) in [7, 11) is 1.77. The number of ether oxygens (including phenoxy) is 1. The molecule has 31 heavy (non-hydrogen) atoms. The van der Waals surface area contributed by atoms with Gasteiger partial charge >= 0.3 is 6.18 Å². The lowest BCUT2D eigenvalue weighted by molar-refractivity contribution is -0.137. The van der Waals surface area contributed by atoms with Crippen LogP contribution in [-0.4, -0.2) is 35.4 Å². The molecule has 3 aromatic carbocycles. The van der Waals surface area contributed by atoms with E-state index in [0.717, 1.165) is 28.5 Å². The molecule has 162 valence electrons. The highest BCUT2D eigenvalue weighted by Gasteiger charge is 2.36. The zero-order valence-electron chi connectivity index (χ0n) is 16.7. The third-order valence-electron chi connectivity index (χ3n) is 5.54. The van der Waals surface area contributed by atoms with Gasteiger partial charge in [0.05, 0.1) is 24.8 Å². The van der Waals surface area contributed by atoms with E-state index < -0.39 is 11.7 Å². The molecule has 0 radical (unpaired) electrons. The third-order valence-corrected chi connectivity index (χ3v) is 5.93. The standard InChI is InChI=1S/C23H21F3N2O2S/c1-28(22(31)27-17-7-4-6-16(11-17)23(24,25)26)21-15(12-29)13-30-19-10-9-14-5-2-3-8-18(14)20(19)21/h2-11,15,21,29H,12-13H2,1H3,(H,27,31)/t15-,21-/m1/s1. The zero-order valence-corrected chi connectivity index (χ0v) is 17.5. The van der Waals surface area contributed by atoms with Gasteiger partial charge in [0.1, 0.15) is 5.75 Å². The molecule has 1 aliphatic rings. The lowest BCUT2D eigenvalue weighted by Gasteiger charge is -2.40. The fourth-order valence-corrected chi connectivity index (χ4v) is 4.24. The number of alkyl halides is 3. The van der Waals surface area contributed by atoms with Crippen LogP contribution in [0.4, 0.5) is 18.9 Å². The van der Waals surface area contributed by atoms with E-state index >= 15 is 0 Å². The number of thiocarbonyl (C=S) groups is 1. The molecule has 4 rings (SSSR count). The molecule has 2 N–H and O–H groups in total. The fraction of sp³-hybridized carbons (Fsp3) is 0.261.